The molecule has 1 saturated carbocycles. The smallest absolute Gasteiger partial charge is 0.212 e. The van der Waals surface area contributed by atoms with Crippen molar-refractivity contribution in [1.82, 2.24) is 19.5 Å². The molecule has 0 spiro atoms. The fourth-order valence-electron chi connectivity index (χ4n) is 2.86. The zero-order chi connectivity index (χ0) is 14.6. The lowest BCUT2D eigenvalue weighted by Crippen LogP contribution is -2.34. The molecule has 0 aliphatic heterocycles. The predicted octanol–water partition coefficient (Wildman–Crippen LogP) is 1.86. The van der Waals surface area contributed by atoms with Crippen molar-refractivity contribution in [3.63, 3.8) is 0 Å². The highest BCUT2D eigenvalue weighted by Gasteiger charge is 2.26. The van der Waals surface area contributed by atoms with E-state index < -0.39 is 10.0 Å². The van der Waals surface area contributed by atoms with Crippen LogP contribution >= 0.6 is 0 Å². The first kappa shape index (κ1) is 15.4. The minimum Gasteiger partial charge on any atom is -0.249 e. The zero-order valence-electron chi connectivity index (χ0n) is 12.2. The zero-order valence-corrected chi connectivity index (χ0v) is 13.1. The standard InChI is InChI=1S/C13H24N4O2S/c1-3-12(13-14-10-15-17(13)4-2)16-20(18,19)9-11-7-5-6-8-11/h10-12,16H,3-9H2,1-2H3/t12-/m1/s1. The van der Waals surface area contributed by atoms with E-state index >= 15 is 0 Å². The van der Waals surface area contributed by atoms with Gasteiger partial charge in [-0.05, 0) is 32.1 Å². The van der Waals surface area contributed by atoms with Gasteiger partial charge >= 0.3 is 0 Å². The van der Waals surface area contributed by atoms with Gasteiger partial charge in [-0.25, -0.2) is 22.8 Å². The lowest BCUT2D eigenvalue weighted by atomic mass is 10.1. The number of rotatable bonds is 7. The molecule has 1 aromatic rings. The van der Waals surface area contributed by atoms with Crippen molar-refractivity contribution in [3.8, 4) is 0 Å². The van der Waals surface area contributed by atoms with E-state index in [2.05, 4.69) is 14.8 Å². The van der Waals surface area contributed by atoms with Gasteiger partial charge in [0.2, 0.25) is 10.0 Å². The molecule has 7 heteroatoms. The summed E-state index contributed by atoms with van der Waals surface area (Å²) >= 11 is 0. The minimum atomic E-state index is -3.26. The monoisotopic (exact) mass is 300 g/mol. The van der Waals surface area contributed by atoms with Crippen LogP contribution < -0.4 is 4.72 Å². The third kappa shape index (κ3) is 3.79. The second-order valence-corrected chi connectivity index (χ2v) is 7.24. The highest BCUT2D eigenvalue weighted by molar-refractivity contribution is 7.89. The van der Waals surface area contributed by atoms with Crippen molar-refractivity contribution >= 4 is 10.0 Å². The molecule has 1 heterocycles. The van der Waals surface area contributed by atoms with E-state index in [0.717, 1.165) is 25.7 Å². The van der Waals surface area contributed by atoms with Gasteiger partial charge < -0.3 is 0 Å². The third-order valence-electron chi connectivity index (χ3n) is 3.92. The number of nitrogens with zero attached hydrogens (tertiary/aromatic N) is 3. The summed E-state index contributed by atoms with van der Waals surface area (Å²) in [4.78, 5) is 4.20. The van der Waals surface area contributed by atoms with E-state index in [0.29, 0.717) is 24.7 Å². The Balaban J connectivity index is 2.05. The SMILES string of the molecule is CC[C@@H](NS(=O)(=O)CC1CCCC1)c1ncnn1CC. The second-order valence-electron chi connectivity index (χ2n) is 5.44. The summed E-state index contributed by atoms with van der Waals surface area (Å²) in [5.74, 6) is 1.25. The Bertz CT molecular complexity index is 520. The lowest BCUT2D eigenvalue weighted by Gasteiger charge is -2.18. The van der Waals surface area contributed by atoms with Crippen LogP contribution in [0.3, 0.4) is 0 Å². The van der Waals surface area contributed by atoms with Gasteiger partial charge in [0, 0.05) is 6.54 Å². The Kier molecular flexibility index (Phi) is 5.15. The highest BCUT2D eigenvalue weighted by atomic mass is 32.2. The maximum atomic E-state index is 12.3. The summed E-state index contributed by atoms with van der Waals surface area (Å²) < 4.78 is 29.1. The topological polar surface area (TPSA) is 76.9 Å². The van der Waals surface area contributed by atoms with Gasteiger partial charge in [0.15, 0.2) is 0 Å². The second kappa shape index (κ2) is 6.67. The van der Waals surface area contributed by atoms with Crippen LogP contribution in [0.5, 0.6) is 0 Å². The Morgan fingerprint density at radius 2 is 2.10 bits per heavy atom. The number of hydrogen-bond donors (Lipinski definition) is 1. The molecule has 0 bridgehead atoms. The summed E-state index contributed by atoms with van der Waals surface area (Å²) in [5.41, 5.74) is 0. The average molecular weight is 300 g/mol. The van der Waals surface area contributed by atoms with Crippen LogP contribution in [-0.4, -0.2) is 28.9 Å². The average Bonchev–Trinajstić information content (AvgIpc) is 3.05. The summed E-state index contributed by atoms with van der Waals surface area (Å²) in [6.07, 6.45) is 6.52. The molecular weight excluding hydrogens is 276 g/mol. The number of nitrogens with one attached hydrogen (secondary N) is 1. The summed E-state index contributed by atoms with van der Waals surface area (Å²) in [6, 6.07) is -0.288. The number of sulfonamides is 1. The first-order valence-electron chi connectivity index (χ1n) is 7.43. The Hall–Kier alpha value is -0.950. The molecule has 1 aliphatic carbocycles. The van der Waals surface area contributed by atoms with Gasteiger partial charge in [0.1, 0.15) is 12.2 Å². The molecule has 1 atom stereocenters. The van der Waals surface area contributed by atoms with Crippen molar-refractivity contribution in [2.45, 2.75) is 58.5 Å². The van der Waals surface area contributed by atoms with Gasteiger partial charge in [-0.3, -0.25) is 0 Å². The van der Waals surface area contributed by atoms with Crippen molar-refractivity contribution in [1.29, 1.82) is 0 Å². The molecular formula is C13H24N4O2S. The molecule has 6 nitrogen and oxygen atoms in total. The summed E-state index contributed by atoms with van der Waals surface area (Å²) in [7, 11) is -3.26. The predicted molar refractivity (Wildman–Crippen MR) is 77.6 cm³/mol. The molecule has 1 N–H and O–H groups in total. The summed E-state index contributed by atoms with van der Waals surface area (Å²) in [6.45, 7) is 4.62. The van der Waals surface area contributed by atoms with Crippen LogP contribution in [0.4, 0.5) is 0 Å². The first-order chi connectivity index (χ1) is 9.55. The molecule has 1 aliphatic rings. The Morgan fingerprint density at radius 3 is 2.70 bits per heavy atom. The van der Waals surface area contributed by atoms with Crippen molar-refractivity contribution in [2.75, 3.05) is 5.75 Å². The molecule has 1 aromatic heterocycles. The molecule has 0 saturated heterocycles. The molecule has 0 aromatic carbocycles. The van der Waals surface area contributed by atoms with Crippen LogP contribution in [0.15, 0.2) is 6.33 Å². The first-order valence-corrected chi connectivity index (χ1v) is 9.08. The van der Waals surface area contributed by atoms with Gasteiger partial charge in [-0.2, -0.15) is 5.10 Å². The van der Waals surface area contributed by atoms with E-state index in [9.17, 15) is 8.42 Å². The van der Waals surface area contributed by atoms with Crippen LogP contribution in [0.2, 0.25) is 0 Å². The molecule has 0 unspecified atom stereocenters. The molecule has 1 fully saturated rings. The van der Waals surface area contributed by atoms with E-state index in [-0.39, 0.29) is 11.8 Å². The quantitative estimate of drug-likeness (QED) is 0.834. The van der Waals surface area contributed by atoms with Crippen molar-refractivity contribution in [3.05, 3.63) is 12.2 Å². The van der Waals surface area contributed by atoms with Crippen LogP contribution in [-0.2, 0) is 16.6 Å². The summed E-state index contributed by atoms with van der Waals surface area (Å²) in [5, 5.41) is 4.11. The van der Waals surface area contributed by atoms with Crippen molar-refractivity contribution in [2.24, 2.45) is 5.92 Å². The van der Waals surface area contributed by atoms with Gasteiger partial charge in [-0.15, -0.1) is 0 Å². The molecule has 2 rings (SSSR count). The fraction of sp³-hybridized carbons (Fsp3) is 0.846. The van der Waals surface area contributed by atoms with Gasteiger partial charge in [0.05, 0.1) is 11.8 Å². The Morgan fingerprint density at radius 1 is 1.40 bits per heavy atom. The van der Waals surface area contributed by atoms with E-state index in [1.807, 2.05) is 13.8 Å². The largest absolute Gasteiger partial charge is 0.249 e. The van der Waals surface area contributed by atoms with Crippen LogP contribution in [0.1, 0.15) is 57.8 Å². The van der Waals surface area contributed by atoms with E-state index in [1.165, 1.54) is 6.33 Å². The van der Waals surface area contributed by atoms with Gasteiger partial charge in [0.25, 0.3) is 0 Å². The molecule has 114 valence electrons. The maximum Gasteiger partial charge on any atom is 0.212 e. The minimum absolute atomic E-state index is 0.240. The van der Waals surface area contributed by atoms with E-state index in [1.54, 1.807) is 4.68 Å². The highest BCUT2D eigenvalue weighted by Crippen LogP contribution is 2.26. The Labute approximate surface area is 121 Å². The van der Waals surface area contributed by atoms with Crippen LogP contribution in [0.25, 0.3) is 0 Å². The van der Waals surface area contributed by atoms with Crippen LogP contribution in [0, 0.1) is 5.92 Å². The molecule has 20 heavy (non-hydrogen) atoms. The third-order valence-corrected chi connectivity index (χ3v) is 5.47. The normalized spacial score (nSPS) is 18.5. The molecule has 0 radical (unpaired) electrons. The van der Waals surface area contributed by atoms with Gasteiger partial charge in [-0.1, -0.05) is 19.8 Å². The number of hydrogen-bond acceptors (Lipinski definition) is 4. The lowest BCUT2D eigenvalue weighted by molar-refractivity contribution is 0.494. The number of aromatic nitrogens is 3. The van der Waals surface area contributed by atoms with Crippen molar-refractivity contribution < 1.29 is 8.42 Å². The fourth-order valence-corrected chi connectivity index (χ4v) is 4.61. The van der Waals surface area contributed by atoms with E-state index in [4.69, 9.17) is 0 Å². The molecule has 0 amide bonds. The maximum absolute atomic E-state index is 12.3. The number of aryl methyl sites for hydroxylation is 1.